The van der Waals surface area contributed by atoms with Crippen LogP contribution in [-0.4, -0.2) is 72.2 Å². The fourth-order valence-corrected chi connectivity index (χ4v) is 3.41. The number of aliphatic hydroxyl groups is 1. The number of nitrogens with zero attached hydrogens (tertiary/aromatic N) is 4. The van der Waals surface area contributed by atoms with Gasteiger partial charge in [-0.3, -0.25) is 4.90 Å². The number of piperidine rings is 1. The molecule has 1 aromatic heterocycles. The van der Waals surface area contributed by atoms with E-state index in [0.29, 0.717) is 23.6 Å². The van der Waals surface area contributed by atoms with Gasteiger partial charge in [0.05, 0.1) is 12.3 Å². The zero-order valence-corrected chi connectivity index (χ0v) is 13.4. The Bertz CT molecular complexity index is 511. The number of hydrogen-bond acceptors (Lipinski definition) is 5. The van der Waals surface area contributed by atoms with Crippen molar-refractivity contribution >= 4 is 5.82 Å². The second-order valence-electron chi connectivity index (χ2n) is 6.56. The normalized spacial score (nSPS) is 21.4. The molecule has 3 rings (SSSR count). The standard InChI is InChI=1S/C16H25FN4O/c1-19(2)13-5-7-20(8-6-13)14-9-21(10-14)16-15(17)4-3-12(11-22)18-16/h3-4,13-14,22H,5-11H2,1-2H3. The molecule has 22 heavy (non-hydrogen) atoms. The first-order chi connectivity index (χ1) is 10.6. The number of pyridine rings is 1. The second-order valence-corrected chi connectivity index (χ2v) is 6.56. The molecule has 1 N–H and O–H groups in total. The molecule has 0 aliphatic carbocycles. The van der Waals surface area contributed by atoms with E-state index in [-0.39, 0.29) is 12.4 Å². The second kappa shape index (κ2) is 6.48. The topological polar surface area (TPSA) is 42.8 Å². The van der Waals surface area contributed by atoms with Crippen LogP contribution in [0.5, 0.6) is 0 Å². The van der Waals surface area contributed by atoms with E-state index in [1.54, 1.807) is 0 Å². The maximum Gasteiger partial charge on any atom is 0.165 e. The van der Waals surface area contributed by atoms with Gasteiger partial charge in [-0.25, -0.2) is 9.37 Å². The molecule has 2 aliphatic heterocycles. The molecule has 0 unspecified atom stereocenters. The number of halogens is 1. The fourth-order valence-electron chi connectivity index (χ4n) is 3.41. The lowest BCUT2D eigenvalue weighted by Crippen LogP contribution is -2.62. The molecule has 0 atom stereocenters. The van der Waals surface area contributed by atoms with Crippen LogP contribution in [0, 0.1) is 5.82 Å². The summed E-state index contributed by atoms with van der Waals surface area (Å²) in [5.41, 5.74) is 0.520. The lowest BCUT2D eigenvalue weighted by Gasteiger charge is -2.48. The Balaban J connectivity index is 1.54. The molecule has 0 saturated carbocycles. The number of likely N-dealkylation sites (tertiary alicyclic amines) is 1. The average molecular weight is 308 g/mol. The quantitative estimate of drug-likeness (QED) is 0.896. The highest BCUT2D eigenvalue weighted by Gasteiger charge is 2.35. The Labute approximate surface area is 131 Å². The van der Waals surface area contributed by atoms with Crippen molar-refractivity contribution < 1.29 is 9.50 Å². The predicted octanol–water partition coefficient (Wildman–Crippen LogP) is 0.928. The Morgan fingerprint density at radius 1 is 1.27 bits per heavy atom. The van der Waals surface area contributed by atoms with Gasteiger partial charge in [0.25, 0.3) is 0 Å². The lowest BCUT2D eigenvalue weighted by atomic mass is 9.99. The highest BCUT2D eigenvalue weighted by molar-refractivity contribution is 5.44. The highest BCUT2D eigenvalue weighted by atomic mass is 19.1. The monoisotopic (exact) mass is 308 g/mol. The zero-order chi connectivity index (χ0) is 15.7. The smallest absolute Gasteiger partial charge is 0.165 e. The highest BCUT2D eigenvalue weighted by Crippen LogP contribution is 2.27. The summed E-state index contributed by atoms with van der Waals surface area (Å²) in [6.45, 7) is 3.74. The van der Waals surface area contributed by atoms with Crippen LogP contribution in [-0.2, 0) is 6.61 Å². The summed E-state index contributed by atoms with van der Waals surface area (Å²) in [7, 11) is 4.29. The molecule has 2 fully saturated rings. The zero-order valence-electron chi connectivity index (χ0n) is 13.4. The first-order valence-electron chi connectivity index (χ1n) is 8.00. The van der Waals surface area contributed by atoms with Gasteiger partial charge >= 0.3 is 0 Å². The largest absolute Gasteiger partial charge is 0.390 e. The maximum atomic E-state index is 13.9. The van der Waals surface area contributed by atoms with Crippen molar-refractivity contribution in [3.05, 3.63) is 23.6 Å². The van der Waals surface area contributed by atoms with Crippen molar-refractivity contribution in [2.45, 2.75) is 31.5 Å². The van der Waals surface area contributed by atoms with Crippen LogP contribution in [0.1, 0.15) is 18.5 Å². The Kier molecular flexibility index (Phi) is 4.61. The van der Waals surface area contributed by atoms with Gasteiger partial charge in [0.1, 0.15) is 0 Å². The number of aliphatic hydroxyl groups excluding tert-OH is 1. The Morgan fingerprint density at radius 3 is 2.55 bits per heavy atom. The summed E-state index contributed by atoms with van der Waals surface area (Å²) in [5, 5.41) is 9.14. The number of rotatable bonds is 4. The molecular weight excluding hydrogens is 283 g/mol. The van der Waals surface area contributed by atoms with Crippen LogP contribution in [0.2, 0.25) is 0 Å². The summed E-state index contributed by atoms with van der Waals surface area (Å²) in [6.07, 6.45) is 2.41. The molecule has 5 nitrogen and oxygen atoms in total. The van der Waals surface area contributed by atoms with Gasteiger partial charge in [-0.15, -0.1) is 0 Å². The minimum Gasteiger partial charge on any atom is -0.390 e. The third-order valence-electron chi connectivity index (χ3n) is 4.95. The van der Waals surface area contributed by atoms with E-state index in [1.807, 2.05) is 4.90 Å². The molecule has 0 radical (unpaired) electrons. The number of hydrogen-bond donors (Lipinski definition) is 1. The van der Waals surface area contributed by atoms with Crippen molar-refractivity contribution in [3.8, 4) is 0 Å². The van der Waals surface area contributed by atoms with Crippen molar-refractivity contribution in [2.24, 2.45) is 0 Å². The molecule has 3 heterocycles. The molecule has 1 aromatic rings. The average Bonchev–Trinajstić information content (AvgIpc) is 2.48. The SMILES string of the molecule is CN(C)C1CCN(C2CN(c3nc(CO)ccc3F)C2)CC1. The van der Waals surface area contributed by atoms with Crippen LogP contribution in [0.3, 0.4) is 0 Å². The van der Waals surface area contributed by atoms with Gasteiger partial charge in [-0.2, -0.15) is 0 Å². The van der Waals surface area contributed by atoms with Gasteiger partial charge in [0, 0.05) is 38.3 Å². The third kappa shape index (κ3) is 3.09. The van der Waals surface area contributed by atoms with Gasteiger partial charge in [0.2, 0.25) is 0 Å². The summed E-state index contributed by atoms with van der Waals surface area (Å²) < 4.78 is 13.9. The van der Waals surface area contributed by atoms with Crippen LogP contribution < -0.4 is 4.90 Å². The van der Waals surface area contributed by atoms with Crippen LogP contribution in [0.25, 0.3) is 0 Å². The van der Waals surface area contributed by atoms with Crippen molar-refractivity contribution in [1.29, 1.82) is 0 Å². The van der Waals surface area contributed by atoms with Crippen molar-refractivity contribution in [3.63, 3.8) is 0 Å². The fraction of sp³-hybridized carbons (Fsp3) is 0.688. The minimum atomic E-state index is -0.304. The summed E-state index contributed by atoms with van der Waals surface area (Å²) in [4.78, 5) is 11.0. The van der Waals surface area contributed by atoms with E-state index in [9.17, 15) is 4.39 Å². The molecule has 0 amide bonds. The number of anilines is 1. The first kappa shape index (κ1) is 15.6. The van der Waals surface area contributed by atoms with Crippen LogP contribution in [0.4, 0.5) is 10.2 Å². The van der Waals surface area contributed by atoms with Crippen LogP contribution >= 0.6 is 0 Å². The summed E-state index contributed by atoms with van der Waals surface area (Å²) >= 11 is 0. The summed E-state index contributed by atoms with van der Waals surface area (Å²) in [6, 6.07) is 4.11. The van der Waals surface area contributed by atoms with Crippen molar-refractivity contribution in [2.75, 3.05) is 45.2 Å². The molecule has 0 bridgehead atoms. The maximum absolute atomic E-state index is 13.9. The van der Waals surface area contributed by atoms with Gasteiger partial charge in [0.15, 0.2) is 11.6 Å². The predicted molar refractivity (Wildman–Crippen MR) is 84.4 cm³/mol. The minimum absolute atomic E-state index is 0.150. The van der Waals surface area contributed by atoms with Gasteiger partial charge < -0.3 is 14.9 Å². The molecule has 2 aliphatic rings. The molecule has 2 saturated heterocycles. The van der Waals surface area contributed by atoms with E-state index in [4.69, 9.17) is 5.11 Å². The van der Waals surface area contributed by atoms with E-state index >= 15 is 0 Å². The van der Waals surface area contributed by atoms with E-state index in [2.05, 4.69) is 28.9 Å². The van der Waals surface area contributed by atoms with E-state index in [0.717, 1.165) is 26.2 Å². The first-order valence-corrected chi connectivity index (χ1v) is 8.00. The molecule has 0 aromatic carbocycles. The van der Waals surface area contributed by atoms with Gasteiger partial charge in [-0.05, 0) is 39.1 Å². The Hall–Kier alpha value is -1.24. The van der Waals surface area contributed by atoms with E-state index < -0.39 is 0 Å². The molecule has 122 valence electrons. The number of aromatic nitrogens is 1. The lowest BCUT2D eigenvalue weighted by molar-refractivity contribution is 0.0938. The molecule has 6 heteroatoms. The van der Waals surface area contributed by atoms with Crippen molar-refractivity contribution in [1.82, 2.24) is 14.8 Å². The molecular formula is C16H25FN4O. The third-order valence-corrected chi connectivity index (χ3v) is 4.95. The van der Waals surface area contributed by atoms with E-state index in [1.165, 1.54) is 25.0 Å². The van der Waals surface area contributed by atoms with Crippen LogP contribution in [0.15, 0.2) is 12.1 Å². The Morgan fingerprint density at radius 2 is 1.95 bits per heavy atom. The summed E-state index contributed by atoms with van der Waals surface area (Å²) in [5.74, 6) is 0.0768. The molecule has 0 spiro atoms. The van der Waals surface area contributed by atoms with Gasteiger partial charge in [-0.1, -0.05) is 0 Å².